The van der Waals surface area contributed by atoms with Crippen LogP contribution in [0, 0.1) is 5.92 Å². The van der Waals surface area contributed by atoms with E-state index in [1.807, 2.05) is 11.7 Å². The number of hydrogen-bond acceptors (Lipinski definition) is 3. The third-order valence-electron chi connectivity index (χ3n) is 4.60. The Labute approximate surface area is 129 Å². The molecule has 0 bridgehead atoms. The topological polar surface area (TPSA) is 47.1 Å². The minimum atomic E-state index is 0.649. The van der Waals surface area contributed by atoms with Gasteiger partial charge in [0.05, 0.1) is 11.4 Å². The van der Waals surface area contributed by atoms with E-state index in [0.29, 0.717) is 6.04 Å². The van der Waals surface area contributed by atoms with Crippen LogP contribution in [0.4, 0.5) is 11.5 Å². The molecule has 4 nitrogen and oxygen atoms in total. The normalized spacial score (nSPS) is 16.0. The molecule has 4 heteroatoms. The summed E-state index contributed by atoms with van der Waals surface area (Å²) in [5.74, 6) is 1.88. The van der Waals surface area contributed by atoms with Crippen molar-refractivity contribution in [3.8, 4) is 0 Å². The lowest BCUT2D eigenvalue weighted by atomic mass is 10.1. The molecule has 2 rings (SSSR count). The van der Waals surface area contributed by atoms with E-state index in [2.05, 4.69) is 30.8 Å². The highest BCUT2D eigenvalue weighted by molar-refractivity contribution is 5.67. The van der Waals surface area contributed by atoms with Gasteiger partial charge in [0.2, 0.25) is 0 Å². The van der Waals surface area contributed by atoms with Gasteiger partial charge in [0.15, 0.2) is 5.82 Å². The highest BCUT2D eigenvalue weighted by Gasteiger charge is 2.27. The minimum Gasteiger partial charge on any atom is -0.394 e. The Kier molecular flexibility index (Phi) is 5.54. The number of hydrogen-bond donors (Lipinski definition) is 1. The molecule has 1 aliphatic carbocycles. The third-order valence-corrected chi connectivity index (χ3v) is 4.60. The van der Waals surface area contributed by atoms with Gasteiger partial charge < -0.3 is 10.6 Å². The van der Waals surface area contributed by atoms with Crippen LogP contribution in [0.25, 0.3) is 0 Å². The second-order valence-electron chi connectivity index (χ2n) is 6.87. The molecule has 0 aromatic carbocycles. The first kappa shape index (κ1) is 16.2. The van der Waals surface area contributed by atoms with E-state index in [4.69, 9.17) is 5.73 Å². The van der Waals surface area contributed by atoms with Crippen LogP contribution in [-0.2, 0) is 13.5 Å². The van der Waals surface area contributed by atoms with E-state index < -0.39 is 0 Å². The van der Waals surface area contributed by atoms with Gasteiger partial charge >= 0.3 is 0 Å². The predicted molar refractivity (Wildman–Crippen MR) is 90.7 cm³/mol. The summed E-state index contributed by atoms with van der Waals surface area (Å²) >= 11 is 0. The Morgan fingerprint density at radius 3 is 2.57 bits per heavy atom. The van der Waals surface area contributed by atoms with E-state index in [1.54, 1.807) is 0 Å². The van der Waals surface area contributed by atoms with E-state index in [-0.39, 0.29) is 0 Å². The highest BCUT2D eigenvalue weighted by atomic mass is 15.4. The van der Waals surface area contributed by atoms with Gasteiger partial charge in [0, 0.05) is 19.6 Å². The van der Waals surface area contributed by atoms with Gasteiger partial charge in [-0.3, -0.25) is 4.68 Å². The van der Waals surface area contributed by atoms with E-state index in [9.17, 15) is 0 Å². The molecule has 1 aliphatic rings. The van der Waals surface area contributed by atoms with E-state index in [0.717, 1.165) is 42.5 Å². The summed E-state index contributed by atoms with van der Waals surface area (Å²) in [5.41, 5.74) is 8.42. The van der Waals surface area contributed by atoms with Crippen molar-refractivity contribution in [2.75, 3.05) is 17.2 Å². The van der Waals surface area contributed by atoms with Crippen molar-refractivity contribution in [3.05, 3.63) is 5.69 Å². The second kappa shape index (κ2) is 7.19. The van der Waals surface area contributed by atoms with Crippen LogP contribution < -0.4 is 10.6 Å². The van der Waals surface area contributed by atoms with Crippen molar-refractivity contribution in [3.63, 3.8) is 0 Å². The van der Waals surface area contributed by atoms with Crippen molar-refractivity contribution >= 4 is 11.5 Å². The molecular weight excluding hydrogens is 260 g/mol. The molecule has 0 saturated heterocycles. The Balaban J connectivity index is 2.26. The van der Waals surface area contributed by atoms with Gasteiger partial charge in [-0.1, -0.05) is 40.0 Å². The summed E-state index contributed by atoms with van der Waals surface area (Å²) in [6, 6.07) is 0.649. The number of aryl methyl sites for hydroxylation is 2. The smallest absolute Gasteiger partial charge is 0.150 e. The average molecular weight is 292 g/mol. The van der Waals surface area contributed by atoms with Gasteiger partial charge in [-0.05, 0) is 31.6 Å². The van der Waals surface area contributed by atoms with Gasteiger partial charge in [-0.2, -0.15) is 5.10 Å². The van der Waals surface area contributed by atoms with Crippen LogP contribution in [0.15, 0.2) is 0 Å². The van der Waals surface area contributed by atoms with Crippen LogP contribution >= 0.6 is 0 Å². The molecule has 1 aromatic heterocycles. The van der Waals surface area contributed by atoms with Gasteiger partial charge in [-0.25, -0.2) is 0 Å². The maximum absolute atomic E-state index is 6.44. The fourth-order valence-corrected chi connectivity index (χ4v) is 3.42. The lowest BCUT2D eigenvalue weighted by molar-refractivity contribution is 0.517. The van der Waals surface area contributed by atoms with Crippen molar-refractivity contribution in [2.45, 2.75) is 71.8 Å². The first-order chi connectivity index (χ1) is 10.0. The summed E-state index contributed by atoms with van der Waals surface area (Å²) in [5, 5.41) is 4.67. The number of nitrogens with two attached hydrogens (primary N) is 1. The maximum Gasteiger partial charge on any atom is 0.150 e. The van der Waals surface area contributed by atoms with Crippen molar-refractivity contribution in [1.82, 2.24) is 9.78 Å². The quantitative estimate of drug-likeness (QED) is 0.832. The summed E-state index contributed by atoms with van der Waals surface area (Å²) in [4.78, 5) is 2.55. The number of nitrogens with zero attached hydrogens (tertiary/aromatic N) is 3. The van der Waals surface area contributed by atoms with Crippen molar-refractivity contribution in [1.29, 1.82) is 0 Å². The van der Waals surface area contributed by atoms with Crippen molar-refractivity contribution < 1.29 is 0 Å². The minimum absolute atomic E-state index is 0.649. The molecule has 0 aliphatic heterocycles. The molecule has 0 radical (unpaired) electrons. The zero-order chi connectivity index (χ0) is 15.4. The van der Waals surface area contributed by atoms with Crippen molar-refractivity contribution in [2.24, 2.45) is 13.0 Å². The zero-order valence-electron chi connectivity index (χ0n) is 14.2. The van der Waals surface area contributed by atoms with Gasteiger partial charge in [-0.15, -0.1) is 0 Å². The molecule has 0 atom stereocenters. The molecule has 0 spiro atoms. The Morgan fingerprint density at radius 1 is 1.33 bits per heavy atom. The molecule has 21 heavy (non-hydrogen) atoms. The fraction of sp³-hybridized carbons (Fsp3) is 0.824. The monoisotopic (exact) mass is 292 g/mol. The Bertz CT molecular complexity index is 444. The zero-order valence-corrected chi connectivity index (χ0v) is 14.2. The summed E-state index contributed by atoms with van der Waals surface area (Å²) in [6.07, 6.45) is 8.57. The van der Waals surface area contributed by atoms with E-state index >= 15 is 0 Å². The fourth-order valence-electron chi connectivity index (χ4n) is 3.42. The highest BCUT2D eigenvalue weighted by Crippen LogP contribution is 2.34. The molecule has 1 aromatic rings. The molecule has 0 unspecified atom stereocenters. The molecule has 1 fully saturated rings. The first-order valence-electron chi connectivity index (χ1n) is 8.62. The Hall–Kier alpha value is -1.19. The third kappa shape index (κ3) is 3.72. The average Bonchev–Trinajstić information content (AvgIpc) is 3.03. The van der Waals surface area contributed by atoms with Gasteiger partial charge in [0.1, 0.15) is 0 Å². The number of anilines is 2. The lowest BCUT2D eigenvalue weighted by Crippen LogP contribution is -2.36. The maximum atomic E-state index is 6.44. The summed E-state index contributed by atoms with van der Waals surface area (Å²) in [6.45, 7) is 7.86. The number of aromatic nitrogens is 2. The molecular formula is C17H32N4. The number of nitrogen functional groups attached to an aromatic ring is 1. The number of rotatable bonds is 7. The predicted octanol–water partition coefficient (Wildman–Crippen LogP) is 3.75. The van der Waals surface area contributed by atoms with Crippen LogP contribution in [0.5, 0.6) is 0 Å². The van der Waals surface area contributed by atoms with Crippen LogP contribution in [0.1, 0.15) is 65.0 Å². The standard InChI is InChI=1S/C17H32N4/c1-5-8-15-16(18)17(20(4)19-15)21(12-11-13(2)3)14-9-6-7-10-14/h13-14H,5-12,18H2,1-4H3. The summed E-state index contributed by atoms with van der Waals surface area (Å²) in [7, 11) is 2.04. The van der Waals surface area contributed by atoms with Crippen LogP contribution in [-0.4, -0.2) is 22.4 Å². The molecule has 120 valence electrons. The molecule has 0 amide bonds. The first-order valence-corrected chi connectivity index (χ1v) is 8.62. The SMILES string of the molecule is CCCc1nn(C)c(N(CCC(C)C)C2CCCC2)c1N. The van der Waals surface area contributed by atoms with Gasteiger partial charge in [0.25, 0.3) is 0 Å². The lowest BCUT2D eigenvalue weighted by Gasteiger charge is -2.32. The molecule has 1 saturated carbocycles. The van der Waals surface area contributed by atoms with Crippen LogP contribution in [0.2, 0.25) is 0 Å². The summed E-state index contributed by atoms with van der Waals surface area (Å²) < 4.78 is 2.01. The van der Waals surface area contributed by atoms with E-state index in [1.165, 1.54) is 32.1 Å². The van der Waals surface area contributed by atoms with Crippen LogP contribution in [0.3, 0.4) is 0 Å². The largest absolute Gasteiger partial charge is 0.394 e. The Morgan fingerprint density at radius 2 is 2.00 bits per heavy atom. The second-order valence-corrected chi connectivity index (χ2v) is 6.87. The molecule has 2 N–H and O–H groups in total. The molecule has 1 heterocycles.